The van der Waals surface area contributed by atoms with Gasteiger partial charge in [0.1, 0.15) is 0 Å². The zero-order chi connectivity index (χ0) is 38.1. The SMILES string of the molecule is CC1(C)c2ccccc2-c2cc3c(-c4ccccc4)cc(-c4cccc(-c5nc(-c6ccc7ccccc7c6)cc(-c6ccc7ccccc7c6)n5)c4)nc3cc21. The molecule has 8 aromatic carbocycles. The van der Waals surface area contributed by atoms with Crippen LogP contribution in [-0.4, -0.2) is 15.0 Å². The van der Waals surface area contributed by atoms with Crippen LogP contribution in [0.25, 0.3) is 99.9 Å². The largest absolute Gasteiger partial charge is 0.248 e. The predicted octanol–water partition coefficient (Wildman–Crippen LogP) is 14.0. The van der Waals surface area contributed by atoms with Crippen LogP contribution in [0.1, 0.15) is 25.0 Å². The van der Waals surface area contributed by atoms with E-state index in [1.165, 1.54) is 54.9 Å². The molecule has 0 radical (unpaired) electrons. The van der Waals surface area contributed by atoms with Gasteiger partial charge in [0.2, 0.25) is 0 Å². The molecule has 0 aliphatic heterocycles. The van der Waals surface area contributed by atoms with E-state index in [0.717, 1.165) is 50.2 Å². The normalized spacial score (nSPS) is 12.9. The summed E-state index contributed by atoms with van der Waals surface area (Å²) < 4.78 is 0. The van der Waals surface area contributed by atoms with Crippen molar-refractivity contribution in [2.24, 2.45) is 0 Å². The van der Waals surface area contributed by atoms with E-state index in [1.54, 1.807) is 0 Å². The van der Waals surface area contributed by atoms with Gasteiger partial charge in [0.25, 0.3) is 0 Å². The monoisotopic (exact) mass is 727 g/mol. The van der Waals surface area contributed by atoms with E-state index in [-0.39, 0.29) is 5.41 Å². The zero-order valence-corrected chi connectivity index (χ0v) is 31.7. The van der Waals surface area contributed by atoms with Gasteiger partial charge in [0.05, 0.1) is 22.6 Å². The Morgan fingerprint density at radius 3 is 1.60 bits per heavy atom. The Kier molecular flexibility index (Phi) is 7.52. The molecule has 0 bridgehead atoms. The van der Waals surface area contributed by atoms with Crippen molar-refractivity contribution in [3.8, 4) is 67.4 Å². The lowest BCUT2D eigenvalue weighted by molar-refractivity contribution is 0.661. The molecule has 0 atom stereocenters. The van der Waals surface area contributed by atoms with E-state index < -0.39 is 0 Å². The summed E-state index contributed by atoms with van der Waals surface area (Å²) in [6.07, 6.45) is 0. The Hall–Kier alpha value is -7.23. The van der Waals surface area contributed by atoms with Crippen LogP contribution in [-0.2, 0) is 5.41 Å². The van der Waals surface area contributed by atoms with Gasteiger partial charge in [-0.05, 0) is 97.4 Å². The summed E-state index contributed by atoms with van der Waals surface area (Å²) >= 11 is 0. The van der Waals surface area contributed by atoms with Crippen LogP contribution < -0.4 is 0 Å². The molecule has 0 saturated heterocycles. The minimum Gasteiger partial charge on any atom is -0.248 e. The van der Waals surface area contributed by atoms with Gasteiger partial charge >= 0.3 is 0 Å². The number of pyridine rings is 1. The van der Waals surface area contributed by atoms with E-state index in [2.05, 4.69) is 202 Å². The number of benzene rings is 8. The number of aromatic nitrogens is 3. The summed E-state index contributed by atoms with van der Waals surface area (Å²) in [5, 5.41) is 5.92. The van der Waals surface area contributed by atoms with Crippen molar-refractivity contribution in [2.75, 3.05) is 0 Å². The fourth-order valence-corrected chi connectivity index (χ4v) is 8.81. The van der Waals surface area contributed by atoms with Crippen LogP contribution in [0, 0.1) is 0 Å². The number of nitrogens with zero attached hydrogens (tertiary/aromatic N) is 3. The second-order valence-corrected chi connectivity index (χ2v) is 15.7. The molecule has 0 unspecified atom stereocenters. The van der Waals surface area contributed by atoms with Crippen LogP contribution in [0.4, 0.5) is 0 Å². The van der Waals surface area contributed by atoms with Gasteiger partial charge in [-0.15, -0.1) is 0 Å². The highest BCUT2D eigenvalue weighted by Crippen LogP contribution is 2.50. The van der Waals surface area contributed by atoms with Crippen molar-refractivity contribution in [2.45, 2.75) is 19.3 Å². The molecule has 1 aliphatic rings. The Morgan fingerprint density at radius 1 is 0.333 bits per heavy atom. The predicted molar refractivity (Wildman–Crippen MR) is 237 cm³/mol. The second-order valence-electron chi connectivity index (χ2n) is 15.7. The van der Waals surface area contributed by atoms with Gasteiger partial charge in [-0.1, -0.05) is 159 Å². The first-order valence-electron chi connectivity index (χ1n) is 19.6. The lowest BCUT2D eigenvalue weighted by Gasteiger charge is -2.22. The fraction of sp³-hybridized carbons (Fsp3) is 0.0556. The number of rotatable bonds is 5. The molecule has 10 aromatic rings. The topological polar surface area (TPSA) is 38.7 Å². The van der Waals surface area contributed by atoms with E-state index in [4.69, 9.17) is 15.0 Å². The molecule has 1 aliphatic carbocycles. The standard InChI is InChI=1S/C54H37N3/c1-54(2)47-22-11-10-21-43(47)45-30-46-44(36-15-4-3-5-16-36)31-49(55-52(46)32-48(45)54)39-19-12-20-42(29-39)53-56-50(40-25-23-34-13-6-8-17-37(34)27-40)33-51(57-53)41-26-24-35-14-7-9-18-38(35)28-41/h3-33H,1-2H3. The van der Waals surface area contributed by atoms with Gasteiger partial charge in [-0.3, -0.25) is 0 Å². The molecule has 57 heavy (non-hydrogen) atoms. The number of fused-ring (bicyclic) bond motifs is 6. The van der Waals surface area contributed by atoms with Gasteiger partial charge in [0, 0.05) is 33.1 Å². The molecule has 0 spiro atoms. The van der Waals surface area contributed by atoms with E-state index in [0.29, 0.717) is 5.82 Å². The highest BCUT2D eigenvalue weighted by atomic mass is 14.9. The van der Waals surface area contributed by atoms with E-state index >= 15 is 0 Å². The molecular weight excluding hydrogens is 691 g/mol. The summed E-state index contributed by atoms with van der Waals surface area (Å²) in [6, 6.07) is 67.2. The van der Waals surface area contributed by atoms with Gasteiger partial charge in [-0.25, -0.2) is 15.0 Å². The third-order valence-electron chi connectivity index (χ3n) is 11.8. The van der Waals surface area contributed by atoms with Crippen molar-refractivity contribution >= 4 is 32.4 Å². The lowest BCUT2D eigenvalue weighted by Crippen LogP contribution is -2.14. The molecule has 0 N–H and O–H groups in total. The maximum absolute atomic E-state index is 5.42. The van der Waals surface area contributed by atoms with Gasteiger partial charge < -0.3 is 0 Å². The summed E-state index contributed by atoms with van der Waals surface area (Å²) in [4.78, 5) is 15.9. The minimum absolute atomic E-state index is 0.124. The van der Waals surface area contributed by atoms with Gasteiger partial charge in [0.15, 0.2) is 5.82 Å². The maximum atomic E-state index is 5.42. The lowest BCUT2D eigenvalue weighted by atomic mass is 9.82. The third kappa shape index (κ3) is 5.62. The van der Waals surface area contributed by atoms with Crippen LogP contribution in [0.2, 0.25) is 0 Å². The van der Waals surface area contributed by atoms with Crippen LogP contribution in [0.15, 0.2) is 188 Å². The molecule has 3 nitrogen and oxygen atoms in total. The van der Waals surface area contributed by atoms with Crippen molar-refractivity contribution in [1.29, 1.82) is 0 Å². The summed E-state index contributed by atoms with van der Waals surface area (Å²) in [5.41, 5.74) is 15.2. The third-order valence-corrected chi connectivity index (χ3v) is 11.8. The summed E-state index contributed by atoms with van der Waals surface area (Å²) in [5.74, 6) is 0.673. The van der Waals surface area contributed by atoms with Crippen LogP contribution in [0.3, 0.4) is 0 Å². The highest BCUT2D eigenvalue weighted by Gasteiger charge is 2.35. The van der Waals surface area contributed by atoms with Gasteiger partial charge in [-0.2, -0.15) is 0 Å². The first-order valence-corrected chi connectivity index (χ1v) is 19.6. The molecule has 3 heteroatoms. The Bertz CT molecular complexity index is 3120. The van der Waals surface area contributed by atoms with E-state index in [1.807, 2.05) is 0 Å². The Balaban J connectivity index is 1.09. The molecule has 0 amide bonds. The van der Waals surface area contributed by atoms with Crippen molar-refractivity contribution < 1.29 is 0 Å². The molecule has 2 heterocycles. The minimum atomic E-state index is -0.124. The van der Waals surface area contributed by atoms with Crippen molar-refractivity contribution in [3.63, 3.8) is 0 Å². The highest BCUT2D eigenvalue weighted by molar-refractivity contribution is 6.01. The Labute approximate surface area is 332 Å². The summed E-state index contributed by atoms with van der Waals surface area (Å²) in [6.45, 7) is 4.65. The van der Waals surface area contributed by atoms with Crippen LogP contribution >= 0.6 is 0 Å². The molecule has 268 valence electrons. The zero-order valence-electron chi connectivity index (χ0n) is 31.7. The number of hydrogen-bond acceptors (Lipinski definition) is 3. The number of hydrogen-bond donors (Lipinski definition) is 0. The first-order chi connectivity index (χ1) is 28.0. The fourth-order valence-electron chi connectivity index (χ4n) is 8.81. The summed E-state index contributed by atoms with van der Waals surface area (Å²) in [7, 11) is 0. The van der Waals surface area contributed by atoms with E-state index in [9.17, 15) is 0 Å². The first kappa shape index (κ1) is 33.1. The maximum Gasteiger partial charge on any atom is 0.160 e. The molecular formula is C54H37N3. The second kappa shape index (κ2) is 12.9. The Morgan fingerprint density at radius 2 is 0.895 bits per heavy atom. The van der Waals surface area contributed by atoms with Crippen molar-refractivity contribution in [1.82, 2.24) is 15.0 Å². The van der Waals surface area contributed by atoms with Crippen LogP contribution in [0.5, 0.6) is 0 Å². The average Bonchev–Trinajstić information content (AvgIpc) is 3.49. The molecule has 11 rings (SSSR count). The molecule has 2 aromatic heterocycles. The molecule has 0 saturated carbocycles. The molecule has 0 fully saturated rings. The smallest absolute Gasteiger partial charge is 0.160 e. The van der Waals surface area contributed by atoms with Crippen molar-refractivity contribution in [3.05, 3.63) is 199 Å². The quantitative estimate of drug-likeness (QED) is 0.177. The average molecular weight is 728 g/mol.